The Morgan fingerprint density at radius 2 is 2.28 bits per heavy atom. The van der Waals surface area contributed by atoms with Crippen molar-refractivity contribution in [2.24, 2.45) is 5.73 Å². The van der Waals surface area contributed by atoms with Crippen LogP contribution in [0.25, 0.3) is 0 Å². The largest absolute Gasteiger partial charge is 0.349 e. The van der Waals surface area contributed by atoms with Crippen molar-refractivity contribution >= 4 is 30.7 Å². The van der Waals surface area contributed by atoms with Gasteiger partial charge in [0.05, 0.1) is 18.3 Å². The Labute approximate surface area is 119 Å². The quantitative estimate of drug-likeness (QED) is 0.874. The maximum absolute atomic E-state index is 11.3. The number of fused-ring (bicyclic) bond motifs is 1. The van der Waals surface area contributed by atoms with E-state index in [0.29, 0.717) is 6.54 Å². The Hall–Kier alpha value is -0.780. The molecule has 2 heterocycles. The third-order valence-electron chi connectivity index (χ3n) is 2.82. The summed E-state index contributed by atoms with van der Waals surface area (Å²) in [6, 6.07) is -0.461. The molecule has 1 aromatic rings. The van der Waals surface area contributed by atoms with Crippen LogP contribution < -0.4 is 11.1 Å². The van der Waals surface area contributed by atoms with Crippen molar-refractivity contribution in [3.05, 3.63) is 17.7 Å². The summed E-state index contributed by atoms with van der Waals surface area (Å²) < 4.78 is 2.18. The molecule has 0 spiro atoms. The van der Waals surface area contributed by atoms with Crippen molar-refractivity contribution in [1.82, 2.24) is 14.9 Å². The number of carbonyl (C=O) groups excluding carboxylic acids is 1. The van der Waals surface area contributed by atoms with Crippen LogP contribution in [-0.2, 0) is 24.3 Å². The Morgan fingerprint density at radius 1 is 1.56 bits per heavy atom. The molecule has 1 atom stereocenters. The summed E-state index contributed by atoms with van der Waals surface area (Å²) in [7, 11) is 0. The number of rotatable bonds is 3. The minimum Gasteiger partial charge on any atom is -0.349 e. The summed E-state index contributed by atoms with van der Waals surface area (Å²) in [5, 5.41) is 2.77. The number of nitrogens with two attached hydrogens (primary N) is 1. The second-order valence-corrected chi connectivity index (χ2v) is 4.31. The highest BCUT2D eigenvalue weighted by Gasteiger charge is 2.13. The minimum absolute atomic E-state index is 0. The molecule has 7 heteroatoms. The number of nitrogens with one attached hydrogen (secondary N) is 1. The fourth-order valence-corrected chi connectivity index (χ4v) is 1.90. The summed E-state index contributed by atoms with van der Waals surface area (Å²) in [5.41, 5.74) is 6.38. The second-order valence-electron chi connectivity index (χ2n) is 4.31. The maximum Gasteiger partial charge on any atom is 0.236 e. The van der Waals surface area contributed by atoms with Crippen molar-refractivity contribution in [1.29, 1.82) is 0 Å². The molecule has 1 aromatic heterocycles. The van der Waals surface area contributed by atoms with Crippen LogP contribution in [0.3, 0.4) is 0 Å². The van der Waals surface area contributed by atoms with Crippen LogP contribution in [0.5, 0.6) is 0 Å². The third-order valence-corrected chi connectivity index (χ3v) is 2.82. The van der Waals surface area contributed by atoms with Gasteiger partial charge in [-0.25, -0.2) is 4.98 Å². The van der Waals surface area contributed by atoms with E-state index in [4.69, 9.17) is 5.73 Å². The first-order valence-electron chi connectivity index (χ1n) is 5.75. The molecule has 0 saturated carbocycles. The first-order chi connectivity index (χ1) is 7.66. The maximum atomic E-state index is 11.3. The van der Waals surface area contributed by atoms with Gasteiger partial charge in [0, 0.05) is 19.2 Å². The standard InChI is InChI=1S/C11H18N4O.2ClH/c1-8(12)11(16)13-6-9-7-15-5-3-2-4-10(15)14-9;;/h7-8H,2-6,12H2,1H3,(H,13,16);2*1H/t8-;;/m1../s1. The molecular weight excluding hydrogens is 275 g/mol. The van der Waals surface area contributed by atoms with E-state index in [1.165, 1.54) is 12.8 Å². The fraction of sp³-hybridized carbons (Fsp3) is 0.636. The Bertz CT molecular complexity index is 369. The van der Waals surface area contributed by atoms with Gasteiger partial charge in [-0.3, -0.25) is 4.79 Å². The average molecular weight is 295 g/mol. The normalized spacial score (nSPS) is 14.8. The van der Waals surface area contributed by atoms with Gasteiger partial charge in [-0.05, 0) is 19.8 Å². The molecule has 5 nitrogen and oxygen atoms in total. The van der Waals surface area contributed by atoms with E-state index in [0.717, 1.165) is 24.5 Å². The van der Waals surface area contributed by atoms with E-state index < -0.39 is 6.04 Å². The van der Waals surface area contributed by atoms with Crippen LogP contribution in [0.2, 0.25) is 0 Å². The number of aryl methyl sites for hydroxylation is 2. The molecule has 1 aliphatic heterocycles. The molecule has 104 valence electrons. The Balaban J connectivity index is 0.00000144. The van der Waals surface area contributed by atoms with Crippen LogP contribution in [0.15, 0.2) is 6.20 Å². The minimum atomic E-state index is -0.461. The molecule has 0 radical (unpaired) electrons. The molecule has 0 saturated heterocycles. The number of imidazole rings is 1. The smallest absolute Gasteiger partial charge is 0.236 e. The summed E-state index contributed by atoms with van der Waals surface area (Å²) in [6.07, 6.45) is 5.49. The lowest BCUT2D eigenvalue weighted by atomic mass is 10.2. The van der Waals surface area contributed by atoms with Gasteiger partial charge in [0.1, 0.15) is 5.82 Å². The molecule has 0 aliphatic carbocycles. The van der Waals surface area contributed by atoms with Crippen molar-refractivity contribution in [2.75, 3.05) is 0 Å². The zero-order valence-electron chi connectivity index (χ0n) is 10.4. The molecule has 0 bridgehead atoms. The van der Waals surface area contributed by atoms with Crippen LogP contribution in [0, 0.1) is 0 Å². The van der Waals surface area contributed by atoms with Crippen LogP contribution in [0.4, 0.5) is 0 Å². The first kappa shape index (κ1) is 17.2. The zero-order valence-corrected chi connectivity index (χ0v) is 12.0. The molecule has 2 rings (SSSR count). The molecule has 0 fully saturated rings. The first-order valence-corrected chi connectivity index (χ1v) is 5.75. The molecule has 0 aromatic carbocycles. The monoisotopic (exact) mass is 294 g/mol. The highest BCUT2D eigenvalue weighted by Crippen LogP contribution is 2.14. The molecule has 1 amide bonds. The lowest BCUT2D eigenvalue weighted by Gasteiger charge is -2.11. The number of aromatic nitrogens is 2. The summed E-state index contributed by atoms with van der Waals surface area (Å²) in [4.78, 5) is 15.8. The van der Waals surface area contributed by atoms with Gasteiger partial charge in [-0.15, -0.1) is 24.8 Å². The number of halogens is 2. The van der Waals surface area contributed by atoms with Gasteiger partial charge in [0.15, 0.2) is 0 Å². The lowest BCUT2D eigenvalue weighted by Crippen LogP contribution is -2.37. The van der Waals surface area contributed by atoms with Gasteiger partial charge in [-0.2, -0.15) is 0 Å². The zero-order chi connectivity index (χ0) is 11.5. The molecule has 3 N–H and O–H groups in total. The van der Waals surface area contributed by atoms with Gasteiger partial charge < -0.3 is 15.6 Å². The fourth-order valence-electron chi connectivity index (χ4n) is 1.90. The topological polar surface area (TPSA) is 72.9 Å². The predicted molar refractivity (Wildman–Crippen MR) is 75.2 cm³/mol. The molecule has 1 aliphatic rings. The lowest BCUT2D eigenvalue weighted by molar-refractivity contribution is -0.122. The summed E-state index contributed by atoms with van der Waals surface area (Å²) >= 11 is 0. The van der Waals surface area contributed by atoms with Crippen LogP contribution in [0.1, 0.15) is 31.3 Å². The van der Waals surface area contributed by atoms with Crippen molar-refractivity contribution in [3.8, 4) is 0 Å². The predicted octanol–water partition coefficient (Wildman–Crippen LogP) is 1.03. The van der Waals surface area contributed by atoms with E-state index in [2.05, 4.69) is 14.9 Å². The summed E-state index contributed by atoms with van der Waals surface area (Å²) in [6.45, 7) is 3.19. The highest BCUT2D eigenvalue weighted by molar-refractivity contribution is 5.85. The van der Waals surface area contributed by atoms with Crippen molar-refractivity contribution in [3.63, 3.8) is 0 Å². The number of carbonyl (C=O) groups is 1. The number of hydrogen-bond donors (Lipinski definition) is 2. The van der Waals surface area contributed by atoms with E-state index in [9.17, 15) is 4.79 Å². The average Bonchev–Trinajstić information content (AvgIpc) is 2.68. The van der Waals surface area contributed by atoms with E-state index in [1.807, 2.05) is 6.20 Å². The molecule has 18 heavy (non-hydrogen) atoms. The van der Waals surface area contributed by atoms with Crippen molar-refractivity contribution in [2.45, 2.75) is 45.3 Å². The number of nitrogens with zero attached hydrogens (tertiary/aromatic N) is 2. The van der Waals surface area contributed by atoms with Crippen molar-refractivity contribution < 1.29 is 4.79 Å². The van der Waals surface area contributed by atoms with Gasteiger partial charge in [0.25, 0.3) is 0 Å². The van der Waals surface area contributed by atoms with E-state index in [-0.39, 0.29) is 30.7 Å². The third kappa shape index (κ3) is 4.15. The van der Waals surface area contributed by atoms with Gasteiger partial charge >= 0.3 is 0 Å². The molecular formula is C11H20Cl2N4O. The number of hydrogen-bond acceptors (Lipinski definition) is 3. The number of amides is 1. The highest BCUT2D eigenvalue weighted by atomic mass is 35.5. The van der Waals surface area contributed by atoms with Crippen LogP contribution >= 0.6 is 24.8 Å². The van der Waals surface area contributed by atoms with E-state index in [1.54, 1.807) is 6.92 Å². The Morgan fingerprint density at radius 3 is 2.89 bits per heavy atom. The van der Waals surface area contributed by atoms with Gasteiger partial charge in [-0.1, -0.05) is 0 Å². The van der Waals surface area contributed by atoms with E-state index >= 15 is 0 Å². The SMILES string of the molecule is C[C@@H](N)C(=O)NCc1cn2c(n1)CCCC2.Cl.Cl. The molecule has 0 unspecified atom stereocenters. The van der Waals surface area contributed by atoms with Gasteiger partial charge in [0.2, 0.25) is 5.91 Å². The van der Waals surface area contributed by atoms with Crippen LogP contribution in [-0.4, -0.2) is 21.5 Å². The second kappa shape index (κ2) is 7.61. The summed E-state index contributed by atoms with van der Waals surface area (Å²) in [5.74, 6) is 1.00. The Kier molecular flexibility index (Phi) is 7.28.